The molecule has 2 N–H and O–H groups in total. The number of amides is 2. The zero-order valence-corrected chi connectivity index (χ0v) is 16.5. The predicted molar refractivity (Wildman–Crippen MR) is 111 cm³/mol. The first-order valence-corrected chi connectivity index (χ1v) is 10.2. The molecule has 1 saturated heterocycles. The molecule has 3 heterocycles. The number of aromatic nitrogens is 1. The van der Waals surface area contributed by atoms with Gasteiger partial charge in [0.2, 0.25) is 0 Å². The molecule has 0 aliphatic carbocycles. The number of primary amides is 1. The summed E-state index contributed by atoms with van der Waals surface area (Å²) in [5, 5.41) is 1.56. The minimum absolute atomic E-state index is 0.153. The van der Waals surface area contributed by atoms with Gasteiger partial charge in [-0.2, -0.15) is 0 Å². The number of hydrogen-bond donors (Lipinski definition) is 1. The summed E-state index contributed by atoms with van der Waals surface area (Å²) in [5.41, 5.74) is 7.14. The second kappa shape index (κ2) is 8.10. The second-order valence-corrected chi connectivity index (χ2v) is 7.85. The van der Waals surface area contributed by atoms with Gasteiger partial charge in [-0.1, -0.05) is 30.3 Å². The van der Waals surface area contributed by atoms with Crippen molar-refractivity contribution in [1.82, 2.24) is 14.8 Å². The van der Waals surface area contributed by atoms with E-state index in [9.17, 15) is 14.4 Å². The van der Waals surface area contributed by atoms with Crippen LogP contribution in [0.2, 0.25) is 0 Å². The maximum Gasteiger partial charge on any atom is 0.289 e. The molecule has 29 heavy (non-hydrogen) atoms. The van der Waals surface area contributed by atoms with Crippen molar-refractivity contribution in [1.29, 1.82) is 0 Å². The molecule has 4 rings (SSSR count). The lowest BCUT2D eigenvalue weighted by Crippen LogP contribution is -2.48. The van der Waals surface area contributed by atoms with E-state index in [4.69, 9.17) is 5.73 Å². The van der Waals surface area contributed by atoms with E-state index >= 15 is 0 Å². The van der Waals surface area contributed by atoms with Crippen LogP contribution in [0.5, 0.6) is 0 Å². The molecule has 1 aliphatic heterocycles. The zero-order valence-electron chi connectivity index (χ0n) is 15.7. The van der Waals surface area contributed by atoms with E-state index in [1.54, 1.807) is 22.4 Å². The predicted octanol–water partition coefficient (Wildman–Crippen LogP) is 1.92. The number of piperazine rings is 1. The number of carbonyl (C=O) groups excluding carboxylic acids is 3. The molecule has 0 radical (unpaired) electrons. The molecular weight excluding hydrogens is 388 g/mol. The summed E-state index contributed by atoms with van der Waals surface area (Å²) < 4.78 is 0.735. The van der Waals surface area contributed by atoms with Gasteiger partial charge >= 0.3 is 0 Å². The molecule has 148 valence electrons. The van der Waals surface area contributed by atoms with Crippen LogP contribution in [0.15, 0.2) is 47.8 Å². The summed E-state index contributed by atoms with van der Waals surface area (Å²) in [6.07, 6.45) is 0. The average Bonchev–Trinajstić information content (AvgIpc) is 3.17. The lowest BCUT2D eigenvalue weighted by molar-refractivity contribution is -0.114. The molecule has 0 spiro atoms. The number of carbonyl (C=O) groups is 3. The second-order valence-electron chi connectivity index (χ2n) is 6.94. The van der Waals surface area contributed by atoms with Crippen LogP contribution in [0.25, 0.3) is 10.2 Å². The van der Waals surface area contributed by atoms with Crippen molar-refractivity contribution in [2.24, 2.45) is 5.73 Å². The summed E-state index contributed by atoms with van der Waals surface area (Å²) in [6, 6.07) is 13.7. The van der Waals surface area contributed by atoms with Crippen LogP contribution in [0, 0.1) is 0 Å². The van der Waals surface area contributed by atoms with E-state index in [0.717, 1.165) is 24.3 Å². The zero-order chi connectivity index (χ0) is 20.4. The molecule has 2 aromatic heterocycles. The number of fused-ring (bicyclic) bond motifs is 1. The van der Waals surface area contributed by atoms with Crippen molar-refractivity contribution in [3.8, 4) is 0 Å². The molecular formula is C21H20N4O3S. The number of nitrogens with two attached hydrogens (primary N) is 1. The summed E-state index contributed by atoms with van der Waals surface area (Å²) in [7, 11) is 0. The Kier molecular flexibility index (Phi) is 5.37. The minimum Gasteiger partial charge on any atom is -0.363 e. The van der Waals surface area contributed by atoms with Crippen molar-refractivity contribution in [2.45, 2.75) is 6.54 Å². The number of Topliss-reactive ketones (excluding diaryl/α,β-unsaturated/α-hetero) is 1. The van der Waals surface area contributed by atoms with Gasteiger partial charge in [-0.3, -0.25) is 19.3 Å². The molecule has 1 aromatic carbocycles. The van der Waals surface area contributed by atoms with Crippen LogP contribution in [0.3, 0.4) is 0 Å². The first-order valence-electron chi connectivity index (χ1n) is 9.31. The SMILES string of the molecule is NC(=O)C(=O)c1csc2ccc(C(=O)N3CCN(Cc4ccccc4)CC3)nc12. The largest absolute Gasteiger partial charge is 0.363 e. The minimum atomic E-state index is -1.03. The maximum atomic E-state index is 12.9. The third-order valence-electron chi connectivity index (χ3n) is 5.01. The maximum absolute atomic E-state index is 12.9. The first-order chi connectivity index (χ1) is 14.0. The van der Waals surface area contributed by atoms with Gasteiger partial charge < -0.3 is 10.6 Å². The number of rotatable bonds is 5. The molecule has 1 fully saturated rings. The smallest absolute Gasteiger partial charge is 0.289 e. The van der Waals surface area contributed by atoms with Crippen LogP contribution in [0.1, 0.15) is 26.4 Å². The number of nitrogens with zero attached hydrogens (tertiary/aromatic N) is 3. The fourth-order valence-electron chi connectivity index (χ4n) is 3.44. The Morgan fingerprint density at radius 2 is 1.72 bits per heavy atom. The summed E-state index contributed by atoms with van der Waals surface area (Å²) >= 11 is 1.29. The van der Waals surface area contributed by atoms with Gasteiger partial charge in [0.15, 0.2) is 0 Å². The molecule has 3 aromatic rings. The van der Waals surface area contributed by atoms with Crippen molar-refractivity contribution < 1.29 is 14.4 Å². The Hall–Kier alpha value is -3.10. The Labute approximate surface area is 171 Å². The van der Waals surface area contributed by atoms with Gasteiger partial charge in [-0.15, -0.1) is 11.3 Å². The molecule has 0 atom stereocenters. The third kappa shape index (κ3) is 4.03. The third-order valence-corrected chi connectivity index (χ3v) is 5.95. The van der Waals surface area contributed by atoms with Gasteiger partial charge in [0.1, 0.15) is 5.69 Å². The monoisotopic (exact) mass is 408 g/mol. The van der Waals surface area contributed by atoms with Gasteiger partial charge in [-0.05, 0) is 17.7 Å². The molecule has 0 saturated carbocycles. The molecule has 7 nitrogen and oxygen atoms in total. The van der Waals surface area contributed by atoms with Crippen LogP contribution in [-0.4, -0.2) is 58.6 Å². The fourth-order valence-corrected chi connectivity index (χ4v) is 4.32. The number of ketones is 1. The van der Waals surface area contributed by atoms with E-state index < -0.39 is 11.7 Å². The highest BCUT2D eigenvalue weighted by atomic mass is 32.1. The van der Waals surface area contributed by atoms with Crippen LogP contribution in [-0.2, 0) is 11.3 Å². The number of pyridine rings is 1. The van der Waals surface area contributed by atoms with E-state index in [1.807, 2.05) is 18.2 Å². The Morgan fingerprint density at radius 3 is 2.41 bits per heavy atom. The number of hydrogen-bond acceptors (Lipinski definition) is 6. The lowest BCUT2D eigenvalue weighted by Gasteiger charge is -2.34. The average molecular weight is 408 g/mol. The molecule has 1 aliphatic rings. The van der Waals surface area contributed by atoms with E-state index in [0.29, 0.717) is 18.6 Å². The fraction of sp³-hybridized carbons (Fsp3) is 0.238. The van der Waals surface area contributed by atoms with Crippen molar-refractivity contribution >= 4 is 39.2 Å². The molecule has 2 amide bonds. The van der Waals surface area contributed by atoms with Crippen molar-refractivity contribution in [3.63, 3.8) is 0 Å². The summed E-state index contributed by atoms with van der Waals surface area (Å²) in [6.45, 7) is 3.66. The molecule has 0 bridgehead atoms. The summed E-state index contributed by atoms with van der Waals surface area (Å²) in [5.74, 6) is -1.99. The number of benzene rings is 1. The van der Waals surface area contributed by atoms with Crippen molar-refractivity contribution in [3.05, 3.63) is 64.7 Å². The summed E-state index contributed by atoms with van der Waals surface area (Å²) in [4.78, 5) is 44.6. The Bertz CT molecular complexity index is 1070. The topological polar surface area (TPSA) is 96.6 Å². The van der Waals surface area contributed by atoms with Gasteiger partial charge in [0.25, 0.3) is 17.6 Å². The van der Waals surface area contributed by atoms with E-state index in [1.165, 1.54) is 16.9 Å². The quantitative estimate of drug-likeness (QED) is 0.514. The van der Waals surface area contributed by atoms with E-state index in [2.05, 4.69) is 22.0 Å². The van der Waals surface area contributed by atoms with Gasteiger partial charge in [0.05, 0.1) is 15.8 Å². The highest BCUT2D eigenvalue weighted by molar-refractivity contribution is 7.17. The first kappa shape index (κ1) is 19.2. The van der Waals surface area contributed by atoms with Crippen LogP contribution < -0.4 is 5.73 Å². The Morgan fingerprint density at radius 1 is 1.00 bits per heavy atom. The van der Waals surface area contributed by atoms with Gasteiger partial charge in [0, 0.05) is 38.1 Å². The Balaban J connectivity index is 1.46. The van der Waals surface area contributed by atoms with Crippen LogP contribution in [0.4, 0.5) is 0 Å². The van der Waals surface area contributed by atoms with Crippen LogP contribution >= 0.6 is 11.3 Å². The normalized spacial score (nSPS) is 14.8. The standard InChI is InChI=1S/C21H20N4O3S/c22-20(27)19(26)15-13-29-17-7-6-16(23-18(15)17)21(28)25-10-8-24(9-11-25)12-14-4-2-1-3-5-14/h1-7,13H,8-12H2,(H2,22,27). The van der Waals surface area contributed by atoms with Gasteiger partial charge in [-0.25, -0.2) is 4.98 Å². The lowest BCUT2D eigenvalue weighted by atomic mass is 10.1. The molecule has 0 unspecified atom stereocenters. The van der Waals surface area contributed by atoms with E-state index in [-0.39, 0.29) is 17.2 Å². The molecule has 8 heteroatoms. The number of thiophene rings is 1. The van der Waals surface area contributed by atoms with Crippen molar-refractivity contribution in [2.75, 3.05) is 26.2 Å². The highest BCUT2D eigenvalue weighted by Crippen LogP contribution is 2.25. The highest BCUT2D eigenvalue weighted by Gasteiger charge is 2.25.